The van der Waals surface area contributed by atoms with Gasteiger partial charge in [0.1, 0.15) is 6.04 Å². The van der Waals surface area contributed by atoms with Crippen LogP contribution in [-0.2, 0) is 11.3 Å². The number of aliphatic hydroxyl groups excluding tert-OH is 1. The van der Waals surface area contributed by atoms with Crippen LogP contribution in [0.5, 0.6) is 0 Å². The molecule has 2 rings (SSSR count). The number of carbonyl (C=O) groups is 2. The number of hydrogen-bond acceptors (Lipinski definition) is 5. The van der Waals surface area contributed by atoms with Gasteiger partial charge in [-0.15, -0.1) is 0 Å². The molecule has 2 aromatic rings. The van der Waals surface area contributed by atoms with E-state index in [9.17, 15) is 14.7 Å². The molecular weight excluding hydrogens is 346 g/mol. The van der Waals surface area contributed by atoms with E-state index in [-0.39, 0.29) is 0 Å². The zero-order valence-electron chi connectivity index (χ0n) is 14.8. The van der Waals surface area contributed by atoms with Gasteiger partial charge in [0.2, 0.25) is 0 Å². The first-order valence-electron chi connectivity index (χ1n) is 8.28. The lowest BCUT2D eigenvalue weighted by Crippen LogP contribution is -2.51. The predicted octanol–water partition coefficient (Wildman–Crippen LogP) is 0.530. The van der Waals surface area contributed by atoms with E-state index in [1.807, 2.05) is 24.3 Å². The molecule has 0 aliphatic carbocycles. The Hall–Kier alpha value is -3.18. The van der Waals surface area contributed by atoms with Gasteiger partial charge in [-0.1, -0.05) is 24.0 Å². The minimum Gasteiger partial charge on any atom is -0.391 e. The summed E-state index contributed by atoms with van der Waals surface area (Å²) in [7, 11) is 0. The van der Waals surface area contributed by atoms with E-state index in [0.29, 0.717) is 17.7 Å². The summed E-state index contributed by atoms with van der Waals surface area (Å²) in [6.07, 6.45) is -1.17. The summed E-state index contributed by atoms with van der Waals surface area (Å²) in [5.41, 5.74) is 9.87. The highest BCUT2D eigenvalue weighted by Crippen LogP contribution is 2.07. The summed E-state index contributed by atoms with van der Waals surface area (Å²) in [6.45, 7) is 1.78. The normalized spacial score (nSPS) is 12.3. The molecule has 140 valence electrons. The van der Waals surface area contributed by atoms with E-state index < -0.39 is 24.0 Å². The molecule has 0 radical (unpaired) electrons. The van der Waals surface area contributed by atoms with E-state index in [2.05, 4.69) is 17.2 Å². The van der Waals surface area contributed by atoms with Crippen LogP contribution in [0.4, 0.5) is 0 Å². The third kappa shape index (κ3) is 5.66. The van der Waals surface area contributed by atoms with Gasteiger partial charge in [-0.3, -0.25) is 14.8 Å². The summed E-state index contributed by atoms with van der Waals surface area (Å²) in [6, 6.07) is 12.8. The van der Waals surface area contributed by atoms with Gasteiger partial charge in [-0.25, -0.2) is 5.48 Å². The Morgan fingerprint density at radius 1 is 1.11 bits per heavy atom. The molecule has 7 heteroatoms. The molecule has 2 aromatic carbocycles. The van der Waals surface area contributed by atoms with Crippen molar-refractivity contribution in [2.45, 2.75) is 25.6 Å². The van der Waals surface area contributed by atoms with Crippen LogP contribution in [0.15, 0.2) is 48.5 Å². The molecule has 0 bridgehead atoms. The molecule has 2 atom stereocenters. The number of aliphatic hydroxyl groups is 1. The Morgan fingerprint density at radius 2 is 1.78 bits per heavy atom. The molecule has 0 saturated carbocycles. The van der Waals surface area contributed by atoms with E-state index in [1.165, 1.54) is 12.4 Å². The van der Waals surface area contributed by atoms with E-state index in [4.69, 9.17) is 10.9 Å². The Bertz CT molecular complexity index is 867. The Labute approximate surface area is 157 Å². The van der Waals surface area contributed by atoms with Gasteiger partial charge < -0.3 is 16.2 Å². The smallest absolute Gasteiger partial charge is 0.268 e. The molecule has 2 unspecified atom stereocenters. The van der Waals surface area contributed by atoms with Gasteiger partial charge in [0.05, 0.1) is 6.10 Å². The lowest BCUT2D eigenvalue weighted by molar-refractivity contribution is -0.133. The molecule has 0 spiro atoms. The van der Waals surface area contributed by atoms with E-state index >= 15 is 0 Å². The van der Waals surface area contributed by atoms with Gasteiger partial charge in [0, 0.05) is 23.2 Å². The maximum Gasteiger partial charge on any atom is 0.268 e. The van der Waals surface area contributed by atoms with Crippen molar-refractivity contribution in [3.63, 3.8) is 0 Å². The highest BCUT2D eigenvalue weighted by Gasteiger charge is 2.25. The molecule has 0 saturated heterocycles. The summed E-state index contributed by atoms with van der Waals surface area (Å²) < 4.78 is 0. The molecule has 0 aliphatic heterocycles. The standard InChI is InChI=1S/C20H21N3O4/c1-13(24)18(20(26)23-27)22-19(25)17-9-7-14(8-10-17)5-6-15-3-2-4-16(11-15)12-21/h2-4,7-11,13,18,24,27H,12,21H2,1H3,(H,22,25)(H,23,26). The fourth-order valence-corrected chi connectivity index (χ4v) is 2.32. The van der Waals surface area contributed by atoms with Crippen LogP contribution < -0.4 is 16.5 Å². The zero-order chi connectivity index (χ0) is 19.8. The number of carbonyl (C=O) groups excluding carboxylic acids is 2. The number of benzene rings is 2. The van der Waals surface area contributed by atoms with E-state index in [1.54, 1.807) is 24.3 Å². The van der Waals surface area contributed by atoms with Crippen molar-refractivity contribution in [2.75, 3.05) is 0 Å². The van der Waals surface area contributed by atoms with Gasteiger partial charge in [-0.05, 0) is 48.9 Å². The van der Waals surface area contributed by atoms with Crippen molar-refractivity contribution < 1.29 is 19.9 Å². The summed E-state index contributed by atoms with van der Waals surface area (Å²) >= 11 is 0. The predicted molar refractivity (Wildman–Crippen MR) is 99.6 cm³/mol. The van der Waals surface area contributed by atoms with Gasteiger partial charge in [0.25, 0.3) is 11.8 Å². The van der Waals surface area contributed by atoms with Crippen molar-refractivity contribution in [1.82, 2.24) is 10.8 Å². The number of hydroxylamine groups is 1. The lowest BCUT2D eigenvalue weighted by atomic mass is 10.1. The second-order valence-corrected chi connectivity index (χ2v) is 5.90. The lowest BCUT2D eigenvalue weighted by Gasteiger charge is -2.19. The number of hydrogen-bond donors (Lipinski definition) is 5. The number of nitrogens with one attached hydrogen (secondary N) is 2. The van der Waals surface area contributed by atoms with Crippen LogP contribution in [0.2, 0.25) is 0 Å². The average Bonchev–Trinajstić information content (AvgIpc) is 2.70. The molecule has 0 heterocycles. The third-order valence-corrected chi connectivity index (χ3v) is 3.82. The summed E-state index contributed by atoms with van der Waals surface area (Å²) in [4.78, 5) is 23.7. The van der Waals surface area contributed by atoms with Crippen molar-refractivity contribution >= 4 is 11.8 Å². The summed E-state index contributed by atoms with van der Waals surface area (Å²) in [5, 5.41) is 20.6. The highest BCUT2D eigenvalue weighted by molar-refractivity contribution is 5.97. The molecule has 0 aromatic heterocycles. The molecule has 0 fully saturated rings. The first-order valence-corrected chi connectivity index (χ1v) is 8.28. The molecule has 6 N–H and O–H groups in total. The van der Waals surface area contributed by atoms with Crippen LogP contribution in [0.1, 0.15) is 34.0 Å². The molecular formula is C20H21N3O4. The molecule has 0 aliphatic rings. The third-order valence-electron chi connectivity index (χ3n) is 3.82. The second kappa shape index (κ2) is 9.50. The highest BCUT2D eigenvalue weighted by atomic mass is 16.5. The Kier molecular flexibility index (Phi) is 7.08. The van der Waals surface area contributed by atoms with E-state index in [0.717, 1.165) is 11.1 Å². The second-order valence-electron chi connectivity index (χ2n) is 5.90. The average molecular weight is 367 g/mol. The monoisotopic (exact) mass is 367 g/mol. The maximum absolute atomic E-state index is 12.2. The fraction of sp³-hybridized carbons (Fsp3) is 0.200. The van der Waals surface area contributed by atoms with Crippen molar-refractivity contribution in [3.05, 3.63) is 70.8 Å². The molecule has 27 heavy (non-hydrogen) atoms. The van der Waals surface area contributed by atoms with Crippen molar-refractivity contribution in [3.8, 4) is 11.8 Å². The number of rotatable bonds is 5. The summed E-state index contributed by atoms with van der Waals surface area (Å²) in [5.74, 6) is 4.58. The SMILES string of the molecule is CC(O)C(NC(=O)c1ccc(C#Cc2cccc(CN)c2)cc1)C(=O)NO. The molecule has 7 nitrogen and oxygen atoms in total. The minimum atomic E-state index is -1.27. The quantitative estimate of drug-likeness (QED) is 0.300. The first-order chi connectivity index (χ1) is 12.9. The Morgan fingerprint density at radius 3 is 2.37 bits per heavy atom. The maximum atomic E-state index is 12.2. The van der Waals surface area contributed by atoms with Gasteiger partial charge in [0.15, 0.2) is 0 Å². The van der Waals surface area contributed by atoms with Crippen LogP contribution >= 0.6 is 0 Å². The zero-order valence-corrected chi connectivity index (χ0v) is 14.8. The Balaban J connectivity index is 2.09. The van der Waals surface area contributed by atoms with Crippen LogP contribution in [-0.4, -0.2) is 34.3 Å². The van der Waals surface area contributed by atoms with Crippen molar-refractivity contribution in [2.24, 2.45) is 5.73 Å². The number of amides is 2. The van der Waals surface area contributed by atoms with Crippen LogP contribution in [0.25, 0.3) is 0 Å². The van der Waals surface area contributed by atoms with Gasteiger partial charge >= 0.3 is 0 Å². The van der Waals surface area contributed by atoms with Crippen molar-refractivity contribution in [1.29, 1.82) is 0 Å². The van der Waals surface area contributed by atoms with Crippen LogP contribution in [0.3, 0.4) is 0 Å². The van der Waals surface area contributed by atoms with Gasteiger partial charge in [-0.2, -0.15) is 0 Å². The van der Waals surface area contributed by atoms with Crippen LogP contribution in [0, 0.1) is 11.8 Å². The fourth-order valence-electron chi connectivity index (χ4n) is 2.32. The molecule has 2 amide bonds. The largest absolute Gasteiger partial charge is 0.391 e. The topological polar surface area (TPSA) is 125 Å². The minimum absolute atomic E-state index is 0.294. The first kappa shape index (κ1) is 20.1. The number of nitrogens with two attached hydrogens (primary N) is 1.